The highest BCUT2D eigenvalue weighted by Crippen LogP contribution is 2.18. The molecule has 1 atom stereocenters. The summed E-state index contributed by atoms with van der Waals surface area (Å²) < 4.78 is 0. The Morgan fingerprint density at radius 2 is 1.69 bits per heavy atom. The molecule has 0 aliphatic rings. The van der Waals surface area contributed by atoms with Crippen LogP contribution >= 0.6 is 0 Å². The molecule has 3 N–H and O–H groups in total. The number of hydrogen-bond acceptors (Lipinski definition) is 3. The van der Waals surface area contributed by atoms with Gasteiger partial charge in [-0.05, 0) is 31.5 Å². The number of carbonyl (C=O) groups excluding carboxylic acids is 1. The predicted octanol–water partition coefficient (Wildman–Crippen LogP) is 2.75. The minimum Gasteiger partial charge on any atom is -0.481 e. The molecule has 0 aliphatic carbocycles. The monoisotopic (exact) mass is 351 g/mol. The van der Waals surface area contributed by atoms with Gasteiger partial charge in [-0.3, -0.25) is 9.59 Å². The van der Waals surface area contributed by atoms with Gasteiger partial charge in [-0.25, -0.2) is 0 Å². The summed E-state index contributed by atoms with van der Waals surface area (Å²) in [6.07, 6.45) is -0.229. The number of aliphatic hydroxyl groups is 1. The lowest BCUT2D eigenvalue weighted by atomic mass is 10.0. The van der Waals surface area contributed by atoms with E-state index < -0.39 is 23.5 Å². The summed E-state index contributed by atoms with van der Waals surface area (Å²) >= 11 is 0. The first-order chi connectivity index (χ1) is 12.3. The SMILES string of the molecule is CC(C)(O)C#Cc1ccccc1C(=O)NC(CC(=O)O)c1ccccc1. The first-order valence-electron chi connectivity index (χ1n) is 8.18. The molecule has 0 aromatic heterocycles. The first kappa shape index (κ1) is 19.2. The summed E-state index contributed by atoms with van der Waals surface area (Å²) in [5, 5.41) is 21.7. The molecule has 5 heteroatoms. The van der Waals surface area contributed by atoms with Crippen molar-refractivity contribution in [2.24, 2.45) is 0 Å². The van der Waals surface area contributed by atoms with Crippen LogP contribution in [0.5, 0.6) is 0 Å². The van der Waals surface area contributed by atoms with Crippen LogP contribution in [0.3, 0.4) is 0 Å². The Hall–Kier alpha value is -3.10. The van der Waals surface area contributed by atoms with Crippen LogP contribution in [0.1, 0.15) is 47.8 Å². The zero-order valence-corrected chi connectivity index (χ0v) is 14.7. The molecule has 0 saturated heterocycles. The van der Waals surface area contributed by atoms with E-state index in [2.05, 4.69) is 17.2 Å². The van der Waals surface area contributed by atoms with Crippen molar-refractivity contribution >= 4 is 11.9 Å². The summed E-state index contributed by atoms with van der Waals surface area (Å²) in [7, 11) is 0. The molecule has 0 radical (unpaired) electrons. The van der Waals surface area contributed by atoms with Gasteiger partial charge in [0.25, 0.3) is 5.91 Å². The standard InChI is InChI=1S/C21H21NO4/c1-21(2,26)13-12-15-8-6-7-11-17(15)20(25)22-18(14-19(23)24)16-9-4-3-5-10-16/h3-11,18,26H,14H2,1-2H3,(H,22,25)(H,23,24). The van der Waals surface area contributed by atoms with Crippen molar-refractivity contribution in [2.75, 3.05) is 0 Å². The van der Waals surface area contributed by atoms with E-state index in [0.717, 1.165) is 0 Å². The molecule has 0 fully saturated rings. The molecular weight excluding hydrogens is 330 g/mol. The summed E-state index contributed by atoms with van der Waals surface area (Å²) in [4.78, 5) is 23.9. The molecule has 5 nitrogen and oxygen atoms in total. The number of carboxylic acid groups (broad SMARTS) is 1. The van der Waals surface area contributed by atoms with Crippen LogP contribution < -0.4 is 5.32 Å². The molecule has 2 aromatic carbocycles. The maximum absolute atomic E-state index is 12.7. The second kappa shape index (κ2) is 8.32. The Balaban J connectivity index is 2.30. The van der Waals surface area contributed by atoms with Crippen LogP contribution in [-0.4, -0.2) is 27.7 Å². The van der Waals surface area contributed by atoms with E-state index in [1.54, 1.807) is 62.4 Å². The van der Waals surface area contributed by atoms with Gasteiger partial charge in [0.05, 0.1) is 18.0 Å². The average Bonchev–Trinajstić information content (AvgIpc) is 2.59. The summed E-state index contributed by atoms with van der Waals surface area (Å²) in [6, 6.07) is 15.0. The predicted molar refractivity (Wildman–Crippen MR) is 98.5 cm³/mol. The molecule has 0 aliphatic heterocycles. The minimum absolute atomic E-state index is 0.229. The number of amides is 1. The van der Waals surface area contributed by atoms with Crippen molar-refractivity contribution in [1.29, 1.82) is 0 Å². The van der Waals surface area contributed by atoms with Crippen LogP contribution in [0.15, 0.2) is 54.6 Å². The minimum atomic E-state index is -1.18. The quantitative estimate of drug-likeness (QED) is 0.723. The third-order valence-electron chi connectivity index (χ3n) is 3.56. The smallest absolute Gasteiger partial charge is 0.305 e. The van der Waals surface area contributed by atoms with E-state index in [-0.39, 0.29) is 6.42 Å². The third kappa shape index (κ3) is 5.76. The van der Waals surface area contributed by atoms with Crippen molar-refractivity contribution in [3.63, 3.8) is 0 Å². The van der Waals surface area contributed by atoms with Crippen LogP contribution in [-0.2, 0) is 4.79 Å². The number of rotatable bonds is 5. The van der Waals surface area contributed by atoms with Gasteiger partial charge in [0, 0.05) is 5.56 Å². The molecular formula is C21H21NO4. The highest BCUT2D eigenvalue weighted by atomic mass is 16.4. The largest absolute Gasteiger partial charge is 0.481 e. The average molecular weight is 351 g/mol. The second-order valence-corrected chi connectivity index (χ2v) is 6.39. The van der Waals surface area contributed by atoms with Crippen LogP contribution in [0.25, 0.3) is 0 Å². The van der Waals surface area contributed by atoms with Crippen molar-refractivity contribution in [3.05, 3.63) is 71.3 Å². The number of nitrogens with one attached hydrogen (secondary N) is 1. The Labute approximate surface area is 152 Å². The fourth-order valence-electron chi connectivity index (χ4n) is 2.36. The number of carbonyl (C=O) groups is 2. The molecule has 2 aromatic rings. The molecule has 0 heterocycles. The van der Waals surface area contributed by atoms with E-state index in [1.165, 1.54) is 0 Å². The van der Waals surface area contributed by atoms with E-state index in [9.17, 15) is 14.7 Å². The fourth-order valence-corrected chi connectivity index (χ4v) is 2.36. The Kier molecular flexibility index (Phi) is 6.16. The molecule has 0 spiro atoms. The van der Waals surface area contributed by atoms with Crippen LogP contribution in [0, 0.1) is 11.8 Å². The first-order valence-corrected chi connectivity index (χ1v) is 8.18. The van der Waals surface area contributed by atoms with Gasteiger partial charge in [-0.15, -0.1) is 0 Å². The molecule has 1 amide bonds. The van der Waals surface area contributed by atoms with Crippen molar-refractivity contribution in [3.8, 4) is 11.8 Å². The lowest BCUT2D eigenvalue weighted by Gasteiger charge is -2.18. The zero-order valence-electron chi connectivity index (χ0n) is 14.7. The number of aliphatic carboxylic acids is 1. The molecule has 134 valence electrons. The Morgan fingerprint density at radius 1 is 1.08 bits per heavy atom. The number of benzene rings is 2. The van der Waals surface area contributed by atoms with Gasteiger partial charge in [0.1, 0.15) is 5.60 Å². The molecule has 0 saturated carbocycles. The zero-order chi connectivity index (χ0) is 19.2. The second-order valence-electron chi connectivity index (χ2n) is 6.39. The summed E-state index contributed by atoms with van der Waals surface area (Å²) in [5.74, 6) is 4.07. The molecule has 0 bridgehead atoms. The molecule has 1 unspecified atom stereocenters. The Morgan fingerprint density at radius 3 is 2.31 bits per heavy atom. The summed E-state index contributed by atoms with van der Waals surface area (Å²) in [5.41, 5.74) is 0.326. The topological polar surface area (TPSA) is 86.6 Å². The van der Waals surface area contributed by atoms with Gasteiger partial charge < -0.3 is 15.5 Å². The highest BCUT2D eigenvalue weighted by Gasteiger charge is 2.20. The fraction of sp³-hybridized carbons (Fsp3) is 0.238. The summed E-state index contributed by atoms with van der Waals surface area (Å²) in [6.45, 7) is 3.11. The molecule has 26 heavy (non-hydrogen) atoms. The van der Waals surface area contributed by atoms with Crippen LogP contribution in [0.4, 0.5) is 0 Å². The maximum Gasteiger partial charge on any atom is 0.305 e. The van der Waals surface area contributed by atoms with E-state index >= 15 is 0 Å². The van der Waals surface area contributed by atoms with Crippen molar-refractivity contribution in [1.82, 2.24) is 5.32 Å². The van der Waals surface area contributed by atoms with Gasteiger partial charge in [0.2, 0.25) is 0 Å². The lowest BCUT2D eigenvalue weighted by Crippen LogP contribution is -2.30. The van der Waals surface area contributed by atoms with Gasteiger partial charge in [0.15, 0.2) is 0 Å². The Bertz CT molecular complexity index is 842. The van der Waals surface area contributed by atoms with E-state index in [4.69, 9.17) is 5.11 Å². The molecule has 2 rings (SSSR count). The normalized spacial score (nSPS) is 11.8. The van der Waals surface area contributed by atoms with Crippen molar-refractivity contribution in [2.45, 2.75) is 31.9 Å². The van der Waals surface area contributed by atoms with E-state index in [1.807, 2.05) is 6.07 Å². The van der Waals surface area contributed by atoms with Gasteiger partial charge in [-0.2, -0.15) is 0 Å². The lowest BCUT2D eigenvalue weighted by molar-refractivity contribution is -0.137. The van der Waals surface area contributed by atoms with Gasteiger partial charge in [-0.1, -0.05) is 54.3 Å². The third-order valence-corrected chi connectivity index (χ3v) is 3.56. The van der Waals surface area contributed by atoms with Crippen LogP contribution in [0.2, 0.25) is 0 Å². The number of carboxylic acids is 1. The maximum atomic E-state index is 12.7. The highest BCUT2D eigenvalue weighted by molar-refractivity contribution is 5.97. The van der Waals surface area contributed by atoms with Crippen molar-refractivity contribution < 1.29 is 19.8 Å². The van der Waals surface area contributed by atoms with E-state index in [0.29, 0.717) is 16.7 Å². The number of hydrogen-bond donors (Lipinski definition) is 3. The van der Waals surface area contributed by atoms with Gasteiger partial charge >= 0.3 is 5.97 Å².